The van der Waals surface area contributed by atoms with Crippen LogP contribution in [-0.4, -0.2) is 30.3 Å². The van der Waals surface area contributed by atoms with Crippen LogP contribution in [0.25, 0.3) is 0 Å². The number of anilines is 1. The molecule has 0 spiro atoms. The van der Waals surface area contributed by atoms with Gasteiger partial charge in [-0.25, -0.2) is 0 Å². The zero-order valence-corrected chi connectivity index (χ0v) is 11.0. The van der Waals surface area contributed by atoms with Crippen molar-refractivity contribution in [2.24, 2.45) is 5.41 Å². The van der Waals surface area contributed by atoms with Gasteiger partial charge in [0, 0.05) is 19.6 Å². The Morgan fingerprint density at radius 1 is 1.24 bits per heavy atom. The molecule has 94 valence electrons. The summed E-state index contributed by atoms with van der Waals surface area (Å²) in [6.45, 7) is 7.64. The average molecular weight is 234 g/mol. The highest BCUT2D eigenvalue weighted by atomic mass is 15.3. The molecule has 0 aromatic carbocycles. The lowest BCUT2D eigenvalue weighted by molar-refractivity contribution is 0.279. The third-order valence-electron chi connectivity index (χ3n) is 3.50. The van der Waals surface area contributed by atoms with Gasteiger partial charge in [-0.2, -0.15) is 5.10 Å². The molecule has 1 aromatic heterocycles. The van der Waals surface area contributed by atoms with Crippen LogP contribution in [0.5, 0.6) is 0 Å². The first-order chi connectivity index (χ1) is 8.11. The maximum Gasteiger partial charge on any atom is 0.151 e. The van der Waals surface area contributed by atoms with Gasteiger partial charge in [-0.05, 0) is 37.4 Å². The Labute approximate surface area is 103 Å². The average Bonchev–Trinajstić information content (AvgIpc) is 2.31. The van der Waals surface area contributed by atoms with Gasteiger partial charge in [0.05, 0.1) is 5.69 Å². The zero-order valence-electron chi connectivity index (χ0n) is 11.0. The molecular weight excluding hydrogens is 212 g/mol. The minimum atomic E-state index is 0.482. The van der Waals surface area contributed by atoms with Gasteiger partial charge in [0.2, 0.25) is 0 Å². The van der Waals surface area contributed by atoms with Gasteiger partial charge >= 0.3 is 0 Å². The van der Waals surface area contributed by atoms with E-state index in [-0.39, 0.29) is 0 Å². The van der Waals surface area contributed by atoms with Crippen LogP contribution in [0.2, 0.25) is 0 Å². The van der Waals surface area contributed by atoms with Crippen molar-refractivity contribution in [3.05, 3.63) is 17.8 Å². The molecule has 1 aromatic rings. The summed E-state index contributed by atoms with van der Waals surface area (Å²) >= 11 is 0. The topological polar surface area (TPSA) is 41.0 Å². The maximum absolute atomic E-state index is 4.30. The van der Waals surface area contributed by atoms with Crippen LogP contribution in [0.3, 0.4) is 0 Å². The summed E-state index contributed by atoms with van der Waals surface area (Å²) in [6.07, 6.45) is 2.46. The zero-order chi connectivity index (χ0) is 12.3. The van der Waals surface area contributed by atoms with Crippen molar-refractivity contribution in [2.75, 3.05) is 25.0 Å². The second kappa shape index (κ2) is 5.00. The van der Waals surface area contributed by atoms with E-state index in [2.05, 4.69) is 46.4 Å². The van der Waals surface area contributed by atoms with Crippen LogP contribution in [-0.2, 0) is 6.54 Å². The summed E-state index contributed by atoms with van der Waals surface area (Å²) in [5.74, 6) is 1.01. The van der Waals surface area contributed by atoms with Crippen molar-refractivity contribution in [1.82, 2.24) is 15.5 Å². The Kier molecular flexibility index (Phi) is 3.62. The number of aromatic nitrogens is 2. The smallest absolute Gasteiger partial charge is 0.151 e. The molecule has 0 unspecified atom stereocenters. The third-order valence-corrected chi connectivity index (χ3v) is 3.50. The predicted octanol–water partition coefficient (Wildman–Crippen LogP) is 1.82. The fraction of sp³-hybridized carbons (Fsp3) is 0.692. The molecule has 1 N–H and O–H groups in total. The molecule has 1 aliphatic rings. The number of nitrogens with zero attached hydrogens (tertiary/aromatic N) is 3. The highest BCUT2D eigenvalue weighted by Crippen LogP contribution is 2.31. The minimum absolute atomic E-state index is 0.482. The van der Waals surface area contributed by atoms with E-state index in [1.807, 2.05) is 7.05 Å². The van der Waals surface area contributed by atoms with E-state index in [1.165, 1.54) is 12.8 Å². The van der Waals surface area contributed by atoms with Crippen molar-refractivity contribution in [3.63, 3.8) is 0 Å². The van der Waals surface area contributed by atoms with E-state index in [1.54, 1.807) is 0 Å². The van der Waals surface area contributed by atoms with Gasteiger partial charge in [-0.15, -0.1) is 5.10 Å². The van der Waals surface area contributed by atoms with Crippen molar-refractivity contribution >= 4 is 5.82 Å². The molecule has 0 bridgehead atoms. The first kappa shape index (κ1) is 12.3. The largest absolute Gasteiger partial charge is 0.355 e. The summed E-state index contributed by atoms with van der Waals surface area (Å²) < 4.78 is 0. The Bertz CT molecular complexity index is 348. The lowest BCUT2D eigenvalue weighted by Crippen LogP contribution is -2.37. The van der Waals surface area contributed by atoms with Gasteiger partial charge in [0.1, 0.15) is 0 Å². The van der Waals surface area contributed by atoms with Crippen LogP contribution in [0.4, 0.5) is 5.82 Å². The highest BCUT2D eigenvalue weighted by Gasteiger charge is 2.25. The van der Waals surface area contributed by atoms with Gasteiger partial charge in [-0.1, -0.05) is 13.8 Å². The molecule has 0 aliphatic carbocycles. The van der Waals surface area contributed by atoms with E-state index >= 15 is 0 Å². The van der Waals surface area contributed by atoms with E-state index < -0.39 is 0 Å². The molecule has 4 heteroatoms. The predicted molar refractivity (Wildman–Crippen MR) is 70.0 cm³/mol. The Balaban J connectivity index is 1.99. The SMILES string of the molecule is CNCc1ccc(N2CCC(C)(C)CC2)nn1. The summed E-state index contributed by atoms with van der Waals surface area (Å²) in [4.78, 5) is 2.33. The molecule has 1 fully saturated rings. The molecule has 0 atom stereocenters. The fourth-order valence-electron chi connectivity index (χ4n) is 2.14. The summed E-state index contributed by atoms with van der Waals surface area (Å²) in [5.41, 5.74) is 1.48. The monoisotopic (exact) mass is 234 g/mol. The van der Waals surface area contributed by atoms with E-state index in [4.69, 9.17) is 0 Å². The molecule has 0 saturated carbocycles. The van der Waals surface area contributed by atoms with Gasteiger partial charge in [-0.3, -0.25) is 0 Å². The van der Waals surface area contributed by atoms with Crippen LogP contribution in [0.15, 0.2) is 12.1 Å². The fourth-order valence-corrected chi connectivity index (χ4v) is 2.14. The standard InChI is InChI=1S/C13H22N4/c1-13(2)6-8-17(9-7-13)12-5-4-11(10-14-3)15-16-12/h4-5,14H,6-10H2,1-3H3. The van der Waals surface area contributed by atoms with Gasteiger partial charge in [0.15, 0.2) is 5.82 Å². The number of rotatable bonds is 3. The van der Waals surface area contributed by atoms with Crippen LogP contribution >= 0.6 is 0 Å². The van der Waals surface area contributed by atoms with E-state index in [9.17, 15) is 0 Å². The first-order valence-corrected chi connectivity index (χ1v) is 6.33. The van der Waals surface area contributed by atoms with Crippen LogP contribution in [0, 0.1) is 5.41 Å². The van der Waals surface area contributed by atoms with E-state index in [0.29, 0.717) is 5.41 Å². The van der Waals surface area contributed by atoms with Crippen molar-refractivity contribution < 1.29 is 0 Å². The number of piperidine rings is 1. The summed E-state index contributed by atoms with van der Waals surface area (Å²) in [6, 6.07) is 4.14. The normalized spacial score (nSPS) is 19.4. The number of hydrogen-bond acceptors (Lipinski definition) is 4. The lowest BCUT2D eigenvalue weighted by Gasteiger charge is -2.37. The van der Waals surface area contributed by atoms with Gasteiger partial charge < -0.3 is 10.2 Å². The Morgan fingerprint density at radius 3 is 2.47 bits per heavy atom. The number of nitrogens with one attached hydrogen (secondary N) is 1. The maximum atomic E-state index is 4.30. The lowest BCUT2D eigenvalue weighted by atomic mass is 9.83. The van der Waals surface area contributed by atoms with Crippen molar-refractivity contribution in [2.45, 2.75) is 33.2 Å². The highest BCUT2D eigenvalue weighted by molar-refractivity contribution is 5.37. The Hall–Kier alpha value is -1.16. The molecule has 2 rings (SSSR count). The Morgan fingerprint density at radius 2 is 1.94 bits per heavy atom. The summed E-state index contributed by atoms with van der Waals surface area (Å²) in [7, 11) is 1.92. The first-order valence-electron chi connectivity index (χ1n) is 6.33. The van der Waals surface area contributed by atoms with Crippen LogP contribution in [0.1, 0.15) is 32.4 Å². The van der Waals surface area contributed by atoms with Crippen LogP contribution < -0.4 is 10.2 Å². The van der Waals surface area contributed by atoms with Crippen molar-refractivity contribution in [3.8, 4) is 0 Å². The number of hydrogen-bond donors (Lipinski definition) is 1. The molecular formula is C13H22N4. The molecule has 2 heterocycles. The third kappa shape index (κ3) is 3.16. The second-order valence-corrected chi connectivity index (χ2v) is 5.56. The molecule has 17 heavy (non-hydrogen) atoms. The second-order valence-electron chi connectivity index (χ2n) is 5.56. The molecule has 0 radical (unpaired) electrons. The molecule has 4 nitrogen and oxygen atoms in total. The molecule has 0 amide bonds. The summed E-state index contributed by atoms with van der Waals surface area (Å²) in [5, 5.41) is 11.6. The van der Waals surface area contributed by atoms with Gasteiger partial charge in [0.25, 0.3) is 0 Å². The molecule has 1 aliphatic heterocycles. The van der Waals surface area contributed by atoms with E-state index in [0.717, 1.165) is 31.1 Å². The quantitative estimate of drug-likeness (QED) is 0.866. The van der Waals surface area contributed by atoms with Crippen molar-refractivity contribution in [1.29, 1.82) is 0 Å². The molecule has 1 saturated heterocycles. The minimum Gasteiger partial charge on any atom is -0.355 e.